The van der Waals surface area contributed by atoms with Gasteiger partial charge in [-0.05, 0) is 19.8 Å². The van der Waals surface area contributed by atoms with Crippen LogP contribution in [0.2, 0.25) is 0 Å². The molecule has 0 aliphatic carbocycles. The maximum absolute atomic E-state index is 11.8. The van der Waals surface area contributed by atoms with Gasteiger partial charge in [0, 0.05) is 11.3 Å². The van der Waals surface area contributed by atoms with Crippen molar-refractivity contribution >= 4 is 16.9 Å². The van der Waals surface area contributed by atoms with Crippen molar-refractivity contribution in [1.29, 1.82) is 0 Å². The third-order valence-corrected chi connectivity index (χ3v) is 3.73. The maximum Gasteiger partial charge on any atom is 0.261 e. The zero-order valence-corrected chi connectivity index (χ0v) is 11.2. The Morgan fingerprint density at radius 3 is 3.00 bits per heavy atom. The van der Waals surface area contributed by atoms with Crippen molar-refractivity contribution in [1.82, 2.24) is 5.32 Å². The Kier molecular flexibility index (Phi) is 6.19. The molecular formula is C11H20F2N2OS. The molecule has 100 valence electrons. The van der Waals surface area contributed by atoms with Gasteiger partial charge in [0.2, 0.25) is 0 Å². The Morgan fingerprint density at radius 2 is 2.35 bits per heavy atom. The molecule has 0 amide bonds. The van der Waals surface area contributed by atoms with E-state index in [1.165, 1.54) is 0 Å². The first-order chi connectivity index (χ1) is 8.06. The first-order valence-corrected chi connectivity index (χ1v) is 6.85. The molecule has 0 aromatic carbocycles. The lowest BCUT2D eigenvalue weighted by Crippen LogP contribution is -2.48. The monoisotopic (exact) mass is 266 g/mol. The number of nitrogens with zero attached hydrogens (tertiary/aromatic N) is 1. The van der Waals surface area contributed by atoms with E-state index in [1.807, 2.05) is 0 Å². The van der Waals surface area contributed by atoms with Crippen LogP contribution >= 0.6 is 11.8 Å². The lowest BCUT2D eigenvalue weighted by molar-refractivity contribution is 0.0207. The Labute approximate surface area is 105 Å². The van der Waals surface area contributed by atoms with Gasteiger partial charge in [-0.15, -0.1) is 0 Å². The minimum Gasteiger partial charge on any atom is -0.374 e. The summed E-state index contributed by atoms with van der Waals surface area (Å²) in [6.45, 7) is 4.50. The van der Waals surface area contributed by atoms with Gasteiger partial charge < -0.3 is 10.1 Å². The minimum atomic E-state index is -2.40. The quantitative estimate of drug-likeness (QED) is 0.750. The first kappa shape index (κ1) is 14.7. The van der Waals surface area contributed by atoms with E-state index >= 15 is 0 Å². The van der Waals surface area contributed by atoms with E-state index in [-0.39, 0.29) is 12.1 Å². The summed E-state index contributed by atoms with van der Waals surface area (Å²) in [5.74, 6) is 1.05. The van der Waals surface area contributed by atoms with Crippen molar-refractivity contribution in [2.45, 2.75) is 38.7 Å². The standard InChI is InChI=1S/C11H20F2N2OS/c1-3-11(2)4-7-17-10(15-11)14-5-6-16-8-9(12)13/h9H,3-8H2,1-2H3,(H,14,15). The molecule has 1 rings (SSSR count). The highest BCUT2D eigenvalue weighted by molar-refractivity contribution is 8.13. The summed E-state index contributed by atoms with van der Waals surface area (Å²) in [6, 6.07) is 0. The van der Waals surface area contributed by atoms with Gasteiger partial charge in [0.15, 0.2) is 5.17 Å². The van der Waals surface area contributed by atoms with Crippen LogP contribution in [0.15, 0.2) is 4.99 Å². The molecule has 3 nitrogen and oxygen atoms in total. The maximum atomic E-state index is 11.8. The van der Waals surface area contributed by atoms with E-state index in [9.17, 15) is 8.78 Å². The molecule has 1 unspecified atom stereocenters. The zero-order valence-electron chi connectivity index (χ0n) is 10.3. The van der Waals surface area contributed by atoms with E-state index < -0.39 is 13.0 Å². The van der Waals surface area contributed by atoms with Gasteiger partial charge in [-0.3, -0.25) is 4.99 Å². The largest absolute Gasteiger partial charge is 0.374 e. The molecule has 1 N–H and O–H groups in total. The van der Waals surface area contributed by atoms with Gasteiger partial charge in [-0.2, -0.15) is 0 Å². The van der Waals surface area contributed by atoms with Gasteiger partial charge in [-0.1, -0.05) is 18.7 Å². The predicted molar refractivity (Wildman–Crippen MR) is 68.0 cm³/mol. The number of nitrogens with one attached hydrogen (secondary N) is 1. The second-order valence-corrected chi connectivity index (χ2v) is 5.37. The van der Waals surface area contributed by atoms with E-state index in [4.69, 9.17) is 4.74 Å². The molecule has 0 aromatic heterocycles. The fraction of sp³-hybridized carbons (Fsp3) is 0.909. The van der Waals surface area contributed by atoms with Crippen molar-refractivity contribution in [3.8, 4) is 0 Å². The minimum absolute atomic E-state index is 0.119. The van der Waals surface area contributed by atoms with Crippen LogP contribution in [0, 0.1) is 0 Å². The molecule has 1 heterocycles. The van der Waals surface area contributed by atoms with E-state index in [2.05, 4.69) is 24.2 Å². The summed E-state index contributed by atoms with van der Waals surface area (Å²) >= 11 is 1.68. The highest BCUT2D eigenvalue weighted by Crippen LogP contribution is 2.24. The number of rotatable bonds is 6. The Bertz CT molecular complexity index is 264. The highest BCUT2D eigenvalue weighted by atomic mass is 32.2. The second-order valence-electron chi connectivity index (χ2n) is 4.29. The van der Waals surface area contributed by atoms with Crippen LogP contribution in [0.4, 0.5) is 8.78 Å². The number of hydrogen-bond acceptors (Lipinski definition) is 3. The normalized spacial score (nSPS) is 27.5. The average molecular weight is 266 g/mol. The zero-order chi connectivity index (χ0) is 12.7. The van der Waals surface area contributed by atoms with E-state index in [1.54, 1.807) is 11.8 Å². The van der Waals surface area contributed by atoms with Crippen LogP contribution in [0.5, 0.6) is 0 Å². The molecule has 0 spiro atoms. The lowest BCUT2D eigenvalue weighted by Gasteiger charge is -2.35. The molecule has 0 saturated carbocycles. The second kappa shape index (κ2) is 7.16. The molecule has 1 aliphatic rings. The van der Waals surface area contributed by atoms with E-state index in [0.29, 0.717) is 6.54 Å². The molecule has 6 heteroatoms. The number of halogens is 2. The molecule has 17 heavy (non-hydrogen) atoms. The van der Waals surface area contributed by atoms with Crippen LogP contribution in [-0.2, 0) is 4.74 Å². The first-order valence-electron chi connectivity index (χ1n) is 5.87. The van der Waals surface area contributed by atoms with Gasteiger partial charge in [0.05, 0.1) is 13.2 Å². The SMILES string of the molecule is CCC1(C)CCSC(=NCCOCC(F)F)N1. The number of amidine groups is 1. The molecule has 1 aliphatic heterocycles. The Morgan fingerprint density at radius 1 is 1.59 bits per heavy atom. The fourth-order valence-electron chi connectivity index (χ4n) is 1.46. The summed E-state index contributed by atoms with van der Waals surface area (Å²) in [6.07, 6.45) is -0.225. The highest BCUT2D eigenvalue weighted by Gasteiger charge is 2.27. The van der Waals surface area contributed by atoms with Crippen LogP contribution in [0.3, 0.4) is 0 Å². The summed E-state index contributed by atoms with van der Waals surface area (Å²) in [5.41, 5.74) is 0.119. The number of hydrogen-bond donors (Lipinski definition) is 1. The molecule has 1 saturated heterocycles. The van der Waals surface area contributed by atoms with Crippen LogP contribution < -0.4 is 5.32 Å². The van der Waals surface area contributed by atoms with Gasteiger partial charge in [0.25, 0.3) is 6.43 Å². The molecule has 1 atom stereocenters. The van der Waals surface area contributed by atoms with Gasteiger partial charge in [0.1, 0.15) is 6.61 Å². The molecular weight excluding hydrogens is 246 g/mol. The van der Waals surface area contributed by atoms with Crippen molar-refractivity contribution in [2.75, 3.05) is 25.5 Å². The molecule has 0 bridgehead atoms. The summed E-state index contributed by atoms with van der Waals surface area (Å²) in [4.78, 5) is 4.32. The van der Waals surface area contributed by atoms with Crippen LogP contribution in [0.1, 0.15) is 26.7 Å². The van der Waals surface area contributed by atoms with Crippen molar-refractivity contribution in [2.24, 2.45) is 4.99 Å². The van der Waals surface area contributed by atoms with Crippen molar-refractivity contribution in [3.05, 3.63) is 0 Å². The average Bonchev–Trinajstić information content (AvgIpc) is 2.28. The predicted octanol–water partition coefficient (Wildman–Crippen LogP) is 2.52. The lowest BCUT2D eigenvalue weighted by atomic mass is 9.96. The molecule has 0 aromatic rings. The number of thioether (sulfide) groups is 1. The third kappa shape index (κ3) is 5.68. The molecule has 0 radical (unpaired) electrons. The van der Waals surface area contributed by atoms with Crippen LogP contribution in [0.25, 0.3) is 0 Å². The van der Waals surface area contributed by atoms with Crippen molar-refractivity contribution in [3.63, 3.8) is 0 Å². The summed E-state index contributed by atoms with van der Waals surface area (Å²) in [5, 5.41) is 4.29. The summed E-state index contributed by atoms with van der Waals surface area (Å²) < 4.78 is 28.3. The number of ether oxygens (including phenoxy) is 1. The number of aliphatic imine (C=N–C) groups is 1. The number of alkyl halides is 2. The Hall–Kier alpha value is -0.360. The smallest absolute Gasteiger partial charge is 0.261 e. The Balaban J connectivity index is 2.25. The topological polar surface area (TPSA) is 33.6 Å². The van der Waals surface area contributed by atoms with Crippen LogP contribution in [-0.4, -0.2) is 42.6 Å². The van der Waals surface area contributed by atoms with Gasteiger partial charge in [-0.25, -0.2) is 8.78 Å². The van der Waals surface area contributed by atoms with Crippen molar-refractivity contribution < 1.29 is 13.5 Å². The fourth-order valence-corrected chi connectivity index (χ4v) is 2.71. The van der Waals surface area contributed by atoms with Gasteiger partial charge >= 0.3 is 0 Å². The van der Waals surface area contributed by atoms with E-state index in [0.717, 1.165) is 23.8 Å². The summed E-state index contributed by atoms with van der Waals surface area (Å²) in [7, 11) is 0. The third-order valence-electron chi connectivity index (χ3n) is 2.82. The molecule has 1 fully saturated rings.